The topological polar surface area (TPSA) is 69.3 Å². The van der Waals surface area contributed by atoms with E-state index >= 15 is 0 Å². The fourth-order valence-corrected chi connectivity index (χ4v) is 4.37. The molecule has 0 aromatic heterocycles. The van der Waals surface area contributed by atoms with E-state index in [1.807, 2.05) is 66.7 Å². The molecule has 0 amide bonds. The number of ether oxygens (including phenoxy) is 4. The molecule has 206 valence electrons. The predicted molar refractivity (Wildman–Crippen MR) is 150 cm³/mol. The molecular weight excluding hydrogens is 492 g/mol. The standard InChI is InChI=1S/C32H38N2O5/c1-5-27(33-34(21-24-15-9-6-10-16-24)22-25-17-11-7-12-18-25)29-28(37-31(35)39-32(2,3)4)23-36-30(38-29)26-19-13-8-14-20-26/h5-20,27-30,33H,1,21-23H2,2-4H3/t27-,28+,29+,30-/m0/s1. The molecule has 39 heavy (non-hydrogen) atoms. The molecule has 3 aromatic rings. The first-order valence-electron chi connectivity index (χ1n) is 13.2. The van der Waals surface area contributed by atoms with E-state index in [9.17, 15) is 4.79 Å². The molecule has 0 unspecified atom stereocenters. The average molecular weight is 531 g/mol. The molecule has 1 fully saturated rings. The van der Waals surface area contributed by atoms with E-state index in [0.717, 1.165) is 16.7 Å². The van der Waals surface area contributed by atoms with Crippen LogP contribution in [0.15, 0.2) is 104 Å². The van der Waals surface area contributed by atoms with Gasteiger partial charge in [-0.1, -0.05) is 97.1 Å². The van der Waals surface area contributed by atoms with E-state index in [4.69, 9.17) is 18.9 Å². The first-order chi connectivity index (χ1) is 18.8. The summed E-state index contributed by atoms with van der Waals surface area (Å²) in [6.45, 7) is 10.9. The van der Waals surface area contributed by atoms with Crippen LogP contribution in [0.3, 0.4) is 0 Å². The molecule has 7 heteroatoms. The van der Waals surface area contributed by atoms with Gasteiger partial charge in [0.1, 0.15) is 11.7 Å². The van der Waals surface area contributed by atoms with E-state index in [-0.39, 0.29) is 6.61 Å². The second-order valence-electron chi connectivity index (χ2n) is 10.5. The molecule has 1 aliphatic rings. The molecule has 1 saturated heterocycles. The highest BCUT2D eigenvalue weighted by molar-refractivity contribution is 5.60. The van der Waals surface area contributed by atoms with Gasteiger partial charge in [-0.2, -0.15) is 0 Å². The summed E-state index contributed by atoms with van der Waals surface area (Å²) >= 11 is 0. The van der Waals surface area contributed by atoms with Crippen LogP contribution in [0, 0.1) is 0 Å². The van der Waals surface area contributed by atoms with Crippen molar-refractivity contribution in [2.75, 3.05) is 6.61 Å². The van der Waals surface area contributed by atoms with Crippen LogP contribution in [0.25, 0.3) is 0 Å². The molecule has 7 nitrogen and oxygen atoms in total. The van der Waals surface area contributed by atoms with Gasteiger partial charge in [-0.05, 0) is 31.9 Å². The zero-order chi connectivity index (χ0) is 27.7. The number of nitrogens with one attached hydrogen (secondary N) is 1. The average Bonchev–Trinajstić information content (AvgIpc) is 2.92. The first-order valence-corrected chi connectivity index (χ1v) is 13.2. The number of hydrazine groups is 1. The molecule has 0 radical (unpaired) electrons. The maximum absolute atomic E-state index is 12.6. The Labute approximate surface area is 231 Å². The summed E-state index contributed by atoms with van der Waals surface area (Å²) in [4.78, 5) is 12.6. The third-order valence-corrected chi connectivity index (χ3v) is 6.14. The van der Waals surface area contributed by atoms with Gasteiger partial charge in [0.25, 0.3) is 0 Å². The van der Waals surface area contributed by atoms with Crippen molar-refractivity contribution >= 4 is 6.16 Å². The van der Waals surface area contributed by atoms with Crippen molar-refractivity contribution < 1.29 is 23.7 Å². The SMILES string of the molecule is C=C[C@H](NN(Cc1ccccc1)Cc1ccccc1)[C@H]1O[C@@H](c2ccccc2)OC[C@H]1OC(=O)OC(C)(C)C. The van der Waals surface area contributed by atoms with E-state index < -0.39 is 36.3 Å². The number of hydrogen-bond donors (Lipinski definition) is 1. The second-order valence-corrected chi connectivity index (χ2v) is 10.5. The minimum Gasteiger partial charge on any atom is -0.429 e. The highest BCUT2D eigenvalue weighted by atomic mass is 16.8. The summed E-state index contributed by atoms with van der Waals surface area (Å²) in [5.41, 5.74) is 6.10. The number of carbonyl (C=O) groups is 1. The van der Waals surface area contributed by atoms with Crippen LogP contribution in [-0.2, 0) is 32.0 Å². The van der Waals surface area contributed by atoms with Gasteiger partial charge < -0.3 is 18.9 Å². The normalized spacial score (nSPS) is 20.3. The Morgan fingerprint density at radius 1 is 0.974 bits per heavy atom. The van der Waals surface area contributed by atoms with E-state index in [0.29, 0.717) is 13.1 Å². The first kappa shape index (κ1) is 28.5. The van der Waals surface area contributed by atoms with E-state index in [1.165, 1.54) is 0 Å². The van der Waals surface area contributed by atoms with Gasteiger partial charge in [0.15, 0.2) is 12.4 Å². The fourth-order valence-electron chi connectivity index (χ4n) is 4.37. The monoisotopic (exact) mass is 530 g/mol. The van der Waals surface area contributed by atoms with Gasteiger partial charge >= 0.3 is 6.16 Å². The Balaban J connectivity index is 1.57. The molecular formula is C32H38N2O5. The van der Waals surface area contributed by atoms with Crippen LogP contribution < -0.4 is 5.43 Å². The summed E-state index contributed by atoms with van der Waals surface area (Å²) in [6.07, 6.45) is -0.910. The van der Waals surface area contributed by atoms with E-state index in [2.05, 4.69) is 41.3 Å². The van der Waals surface area contributed by atoms with Crippen molar-refractivity contribution in [3.63, 3.8) is 0 Å². The summed E-state index contributed by atoms with van der Waals surface area (Å²) in [5.74, 6) is 0. The summed E-state index contributed by atoms with van der Waals surface area (Å²) < 4.78 is 23.6. The van der Waals surface area contributed by atoms with Crippen LogP contribution in [0.2, 0.25) is 0 Å². The van der Waals surface area contributed by atoms with Crippen molar-refractivity contribution in [1.29, 1.82) is 0 Å². The molecule has 0 aliphatic carbocycles. The number of benzene rings is 3. The lowest BCUT2D eigenvalue weighted by atomic mass is 10.0. The zero-order valence-electron chi connectivity index (χ0n) is 22.9. The molecule has 1 heterocycles. The van der Waals surface area contributed by atoms with Gasteiger partial charge in [-0.3, -0.25) is 0 Å². The van der Waals surface area contributed by atoms with Gasteiger partial charge in [0.2, 0.25) is 0 Å². The number of nitrogens with zero attached hydrogens (tertiary/aromatic N) is 1. The minimum absolute atomic E-state index is 0.146. The molecule has 0 spiro atoms. The van der Waals surface area contributed by atoms with E-state index in [1.54, 1.807) is 26.8 Å². The van der Waals surface area contributed by atoms with Crippen LogP contribution in [0.1, 0.15) is 43.8 Å². The third kappa shape index (κ3) is 8.76. The highest BCUT2D eigenvalue weighted by Crippen LogP contribution is 2.30. The molecule has 4 rings (SSSR count). The highest BCUT2D eigenvalue weighted by Gasteiger charge is 2.40. The van der Waals surface area contributed by atoms with Crippen LogP contribution in [0.5, 0.6) is 0 Å². The summed E-state index contributed by atoms with van der Waals surface area (Å²) in [6, 6.07) is 29.8. The second kappa shape index (κ2) is 13.5. The Kier molecular flexibility index (Phi) is 9.90. The minimum atomic E-state index is -0.767. The quantitative estimate of drug-likeness (QED) is 0.191. The number of rotatable bonds is 10. The molecule has 1 aliphatic heterocycles. The van der Waals surface area contributed by atoms with Crippen LogP contribution in [-0.4, -0.2) is 41.6 Å². The van der Waals surface area contributed by atoms with Crippen molar-refractivity contribution in [2.45, 2.75) is 64.0 Å². The Bertz CT molecular complexity index is 1130. The lowest BCUT2D eigenvalue weighted by Gasteiger charge is -2.41. The van der Waals surface area contributed by atoms with Gasteiger partial charge in [0.05, 0.1) is 12.6 Å². The lowest BCUT2D eigenvalue weighted by Crippen LogP contribution is -2.57. The third-order valence-electron chi connectivity index (χ3n) is 6.14. The number of hydrogen-bond acceptors (Lipinski definition) is 7. The Hall–Kier alpha value is -3.49. The van der Waals surface area contributed by atoms with Gasteiger partial charge in [-0.15, -0.1) is 6.58 Å². The summed E-state index contributed by atoms with van der Waals surface area (Å²) in [5, 5.41) is 2.12. The maximum atomic E-state index is 12.6. The summed E-state index contributed by atoms with van der Waals surface area (Å²) in [7, 11) is 0. The predicted octanol–water partition coefficient (Wildman–Crippen LogP) is 6.18. The van der Waals surface area contributed by atoms with Crippen molar-refractivity contribution in [2.24, 2.45) is 0 Å². The van der Waals surface area contributed by atoms with Crippen molar-refractivity contribution in [1.82, 2.24) is 10.4 Å². The zero-order valence-corrected chi connectivity index (χ0v) is 22.9. The largest absolute Gasteiger partial charge is 0.509 e. The molecule has 0 saturated carbocycles. The Morgan fingerprint density at radius 3 is 2.03 bits per heavy atom. The molecule has 1 N–H and O–H groups in total. The number of carbonyl (C=O) groups excluding carboxylic acids is 1. The van der Waals surface area contributed by atoms with Crippen molar-refractivity contribution in [3.8, 4) is 0 Å². The lowest BCUT2D eigenvalue weighted by molar-refractivity contribution is -0.265. The van der Waals surface area contributed by atoms with Crippen LogP contribution >= 0.6 is 0 Å². The smallest absolute Gasteiger partial charge is 0.429 e. The fraction of sp³-hybridized carbons (Fsp3) is 0.344. The van der Waals surface area contributed by atoms with Crippen LogP contribution in [0.4, 0.5) is 4.79 Å². The van der Waals surface area contributed by atoms with Gasteiger partial charge in [0, 0.05) is 18.7 Å². The van der Waals surface area contributed by atoms with Gasteiger partial charge in [-0.25, -0.2) is 15.2 Å². The molecule has 0 bridgehead atoms. The molecule has 4 atom stereocenters. The van der Waals surface area contributed by atoms with Crippen molar-refractivity contribution in [3.05, 3.63) is 120 Å². The molecule has 3 aromatic carbocycles. The Morgan fingerprint density at radius 2 is 1.51 bits per heavy atom. The maximum Gasteiger partial charge on any atom is 0.509 e.